The van der Waals surface area contributed by atoms with Crippen molar-refractivity contribution < 1.29 is 9.90 Å². The van der Waals surface area contributed by atoms with Crippen LogP contribution in [0.4, 0.5) is 5.69 Å². The molecule has 0 saturated carbocycles. The monoisotopic (exact) mass is 324 g/mol. The van der Waals surface area contributed by atoms with Crippen molar-refractivity contribution in [2.24, 2.45) is 5.92 Å². The van der Waals surface area contributed by atoms with Crippen LogP contribution in [0.1, 0.15) is 18.9 Å². The van der Waals surface area contributed by atoms with E-state index in [0.29, 0.717) is 17.0 Å². The number of anilines is 1. The molecule has 124 valence electrons. The van der Waals surface area contributed by atoms with E-state index in [4.69, 9.17) is 5.11 Å². The Bertz CT molecular complexity index is 799. The van der Waals surface area contributed by atoms with Gasteiger partial charge in [-0.25, -0.2) is 0 Å². The number of benzene rings is 1. The van der Waals surface area contributed by atoms with Crippen molar-refractivity contribution >= 4 is 22.6 Å². The van der Waals surface area contributed by atoms with E-state index in [0.717, 1.165) is 30.6 Å². The van der Waals surface area contributed by atoms with Gasteiger partial charge in [-0.2, -0.15) is 5.26 Å². The third-order valence-corrected chi connectivity index (χ3v) is 4.41. The standard InChI is InChI=1S/C18H20N4O2/c1-12-7-14(21-9-17(23)24)11-22(10-12)16-5-4-13(8-19)18-15(16)3-2-6-20-18/h2-6,12,14,21H,7,9-11H2,1H3,(H,23,24)/t12-,14+/m0/s1. The van der Waals surface area contributed by atoms with Crippen LogP contribution in [0.2, 0.25) is 0 Å². The molecule has 0 bridgehead atoms. The minimum absolute atomic E-state index is 0.0269. The largest absolute Gasteiger partial charge is 0.480 e. The molecule has 0 aliphatic carbocycles. The van der Waals surface area contributed by atoms with Gasteiger partial charge in [-0.3, -0.25) is 9.78 Å². The summed E-state index contributed by atoms with van der Waals surface area (Å²) in [5.41, 5.74) is 2.33. The summed E-state index contributed by atoms with van der Waals surface area (Å²) in [6.45, 7) is 3.79. The Morgan fingerprint density at radius 1 is 1.46 bits per heavy atom. The lowest BCUT2D eigenvalue weighted by Crippen LogP contribution is -2.50. The van der Waals surface area contributed by atoms with Gasteiger partial charge < -0.3 is 15.3 Å². The summed E-state index contributed by atoms with van der Waals surface area (Å²) >= 11 is 0. The van der Waals surface area contributed by atoms with Crippen molar-refractivity contribution in [2.75, 3.05) is 24.5 Å². The first-order valence-corrected chi connectivity index (χ1v) is 8.06. The van der Waals surface area contributed by atoms with Crippen molar-refractivity contribution in [3.8, 4) is 6.07 Å². The van der Waals surface area contributed by atoms with E-state index in [2.05, 4.69) is 28.2 Å². The molecular weight excluding hydrogens is 304 g/mol. The van der Waals surface area contributed by atoms with Crippen LogP contribution in [0.3, 0.4) is 0 Å². The third-order valence-electron chi connectivity index (χ3n) is 4.41. The van der Waals surface area contributed by atoms with Crippen molar-refractivity contribution in [1.29, 1.82) is 5.26 Å². The Morgan fingerprint density at radius 2 is 2.29 bits per heavy atom. The van der Waals surface area contributed by atoms with Crippen molar-refractivity contribution in [1.82, 2.24) is 10.3 Å². The molecule has 1 saturated heterocycles. The molecule has 6 heteroatoms. The Balaban J connectivity index is 1.92. The molecule has 0 radical (unpaired) electrons. The highest BCUT2D eigenvalue weighted by molar-refractivity contribution is 5.95. The van der Waals surface area contributed by atoms with Gasteiger partial charge in [0.25, 0.3) is 0 Å². The normalized spacial score (nSPS) is 20.8. The number of nitrogens with one attached hydrogen (secondary N) is 1. The summed E-state index contributed by atoms with van der Waals surface area (Å²) in [6.07, 6.45) is 2.65. The first-order chi connectivity index (χ1) is 11.6. The van der Waals surface area contributed by atoms with Gasteiger partial charge in [0, 0.05) is 36.4 Å². The molecule has 0 amide bonds. The predicted molar refractivity (Wildman–Crippen MR) is 91.9 cm³/mol. The fraction of sp³-hybridized carbons (Fsp3) is 0.389. The van der Waals surface area contributed by atoms with Gasteiger partial charge in [0.2, 0.25) is 0 Å². The molecule has 1 aliphatic rings. The van der Waals surface area contributed by atoms with E-state index in [9.17, 15) is 10.1 Å². The fourth-order valence-electron chi connectivity index (χ4n) is 3.45. The number of hydrogen-bond acceptors (Lipinski definition) is 5. The smallest absolute Gasteiger partial charge is 0.317 e. The number of hydrogen-bond donors (Lipinski definition) is 2. The predicted octanol–water partition coefficient (Wildman–Crippen LogP) is 2.00. The number of pyridine rings is 1. The molecule has 2 heterocycles. The highest BCUT2D eigenvalue weighted by atomic mass is 16.4. The minimum atomic E-state index is -0.840. The van der Waals surface area contributed by atoms with Gasteiger partial charge in [0.05, 0.1) is 17.6 Å². The molecule has 2 atom stereocenters. The van der Waals surface area contributed by atoms with E-state index in [1.807, 2.05) is 24.3 Å². The van der Waals surface area contributed by atoms with Crippen molar-refractivity contribution in [3.63, 3.8) is 0 Å². The fourth-order valence-corrected chi connectivity index (χ4v) is 3.45. The number of fused-ring (bicyclic) bond motifs is 1. The maximum atomic E-state index is 10.8. The topological polar surface area (TPSA) is 89.2 Å². The van der Waals surface area contributed by atoms with Crippen LogP contribution in [-0.2, 0) is 4.79 Å². The van der Waals surface area contributed by atoms with Crippen molar-refractivity contribution in [3.05, 3.63) is 36.0 Å². The van der Waals surface area contributed by atoms with Gasteiger partial charge in [-0.05, 0) is 36.6 Å². The second kappa shape index (κ2) is 6.85. The number of nitriles is 1. The van der Waals surface area contributed by atoms with Crippen LogP contribution in [0.15, 0.2) is 30.5 Å². The van der Waals surface area contributed by atoms with E-state index < -0.39 is 5.97 Å². The van der Waals surface area contributed by atoms with Crippen LogP contribution in [0, 0.1) is 17.2 Å². The molecule has 1 aromatic heterocycles. The first-order valence-electron chi connectivity index (χ1n) is 8.06. The van der Waals surface area contributed by atoms with E-state index in [1.54, 1.807) is 6.20 Å². The van der Waals surface area contributed by atoms with Gasteiger partial charge >= 0.3 is 5.97 Å². The molecule has 6 nitrogen and oxygen atoms in total. The molecular formula is C18H20N4O2. The highest BCUT2D eigenvalue weighted by Gasteiger charge is 2.26. The van der Waals surface area contributed by atoms with Crippen LogP contribution in [0.5, 0.6) is 0 Å². The summed E-state index contributed by atoms with van der Waals surface area (Å²) in [5.74, 6) is -0.389. The molecule has 24 heavy (non-hydrogen) atoms. The second-order valence-corrected chi connectivity index (χ2v) is 6.36. The van der Waals surface area contributed by atoms with Crippen LogP contribution >= 0.6 is 0 Å². The number of aromatic nitrogens is 1. The van der Waals surface area contributed by atoms with Gasteiger partial charge in [0.1, 0.15) is 6.07 Å². The number of nitrogens with zero attached hydrogens (tertiary/aromatic N) is 3. The number of carbonyl (C=O) groups is 1. The van der Waals surface area contributed by atoms with Gasteiger partial charge in [-0.15, -0.1) is 0 Å². The second-order valence-electron chi connectivity index (χ2n) is 6.36. The zero-order chi connectivity index (χ0) is 17.1. The minimum Gasteiger partial charge on any atom is -0.480 e. The molecule has 3 rings (SSSR count). The molecule has 0 unspecified atom stereocenters. The number of carboxylic acid groups (broad SMARTS) is 1. The molecule has 1 aliphatic heterocycles. The van der Waals surface area contributed by atoms with Crippen LogP contribution < -0.4 is 10.2 Å². The summed E-state index contributed by atoms with van der Waals surface area (Å²) < 4.78 is 0. The summed E-state index contributed by atoms with van der Waals surface area (Å²) in [6, 6.07) is 9.96. The maximum Gasteiger partial charge on any atom is 0.317 e. The molecule has 1 fully saturated rings. The average Bonchev–Trinajstić information content (AvgIpc) is 2.58. The number of carboxylic acids is 1. The Kier molecular flexibility index (Phi) is 4.63. The Hall–Kier alpha value is -2.65. The van der Waals surface area contributed by atoms with Crippen LogP contribution in [0.25, 0.3) is 10.9 Å². The molecule has 2 aromatic rings. The lowest BCUT2D eigenvalue weighted by molar-refractivity contribution is -0.136. The molecule has 1 aromatic carbocycles. The number of aliphatic carboxylic acids is 1. The van der Waals surface area contributed by atoms with Gasteiger partial charge in [-0.1, -0.05) is 6.92 Å². The highest BCUT2D eigenvalue weighted by Crippen LogP contribution is 2.31. The Labute approximate surface area is 140 Å². The first kappa shape index (κ1) is 16.2. The third kappa shape index (κ3) is 3.31. The van der Waals surface area contributed by atoms with Crippen molar-refractivity contribution in [2.45, 2.75) is 19.4 Å². The average molecular weight is 324 g/mol. The summed E-state index contributed by atoms with van der Waals surface area (Å²) in [5, 5.41) is 22.2. The molecule has 0 spiro atoms. The van der Waals surface area contributed by atoms with E-state index in [-0.39, 0.29) is 12.6 Å². The summed E-state index contributed by atoms with van der Waals surface area (Å²) in [4.78, 5) is 17.4. The lowest BCUT2D eigenvalue weighted by atomic mass is 9.94. The lowest BCUT2D eigenvalue weighted by Gasteiger charge is -2.38. The summed E-state index contributed by atoms with van der Waals surface area (Å²) in [7, 11) is 0. The molecule has 2 N–H and O–H groups in total. The van der Waals surface area contributed by atoms with E-state index in [1.165, 1.54) is 0 Å². The quantitative estimate of drug-likeness (QED) is 0.894. The zero-order valence-electron chi connectivity index (χ0n) is 13.6. The number of piperidine rings is 1. The zero-order valence-corrected chi connectivity index (χ0v) is 13.6. The Morgan fingerprint density at radius 3 is 3.04 bits per heavy atom. The SMILES string of the molecule is C[C@H]1C[C@@H](NCC(=O)O)CN(c2ccc(C#N)c3ncccc23)C1. The van der Waals surface area contributed by atoms with E-state index >= 15 is 0 Å². The van der Waals surface area contributed by atoms with Crippen LogP contribution in [-0.4, -0.2) is 41.7 Å². The maximum absolute atomic E-state index is 10.8. The number of rotatable bonds is 4. The van der Waals surface area contributed by atoms with Gasteiger partial charge in [0.15, 0.2) is 0 Å².